The highest BCUT2D eigenvalue weighted by molar-refractivity contribution is 7.71. The summed E-state index contributed by atoms with van der Waals surface area (Å²) in [5.41, 5.74) is 2.70. The van der Waals surface area contributed by atoms with Gasteiger partial charge in [0.25, 0.3) is 5.56 Å². The molecule has 25 heavy (non-hydrogen) atoms. The smallest absolute Gasteiger partial charge is 0.257 e. The lowest BCUT2D eigenvalue weighted by Gasteiger charge is -2.25. The zero-order chi connectivity index (χ0) is 17.4. The Bertz CT molecular complexity index is 1090. The average Bonchev–Trinajstić information content (AvgIpc) is 2.61. The number of fused-ring (bicyclic) bond motifs is 1. The van der Waals surface area contributed by atoms with Gasteiger partial charge >= 0.3 is 0 Å². The maximum atomic E-state index is 13.7. The van der Waals surface area contributed by atoms with Crippen LogP contribution in [0.4, 0.5) is 10.2 Å². The topological polar surface area (TPSA) is 60.7 Å². The number of anilines is 1. The molecule has 4 nitrogen and oxygen atoms in total. The highest BCUT2D eigenvalue weighted by Crippen LogP contribution is 2.36. The van der Waals surface area contributed by atoms with E-state index in [0.717, 1.165) is 11.3 Å². The molecule has 0 saturated heterocycles. The first-order valence-electron chi connectivity index (χ1n) is 7.78. The van der Waals surface area contributed by atoms with Crippen LogP contribution in [0.25, 0.3) is 5.70 Å². The van der Waals surface area contributed by atoms with E-state index in [-0.39, 0.29) is 16.1 Å². The summed E-state index contributed by atoms with van der Waals surface area (Å²) in [7, 11) is 0. The molecular weight excluding hydrogens is 337 g/mol. The fourth-order valence-electron chi connectivity index (χ4n) is 3.07. The molecule has 0 spiro atoms. The van der Waals surface area contributed by atoms with Gasteiger partial charge in [0.1, 0.15) is 11.6 Å². The van der Waals surface area contributed by atoms with Crippen molar-refractivity contribution in [2.24, 2.45) is 0 Å². The number of nitrogens with one attached hydrogen (secondary N) is 3. The van der Waals surface area contributed by atoms with E-state index in [4.69, 9.17) is 12.2 Å². The third-order valence-corrected chi connectivity index (χ3v) is 4.38. The third kappa shape index (κ3) is 2.92. The minimum Gasteiger partial charge on any atom is -0.341 e. The van der Waals surface area contributed by atoms with Crippen molar-refractivity contribution in [1.82, 2.24) is 9.97 Å². The van der Waals surface area contributed by atoms with Crippen molar-refractivity contribution < 1.29 is 4.39 Å². The van der Waals surface area contributed by atoms with Crippen LogP contribution in [0.5, 0.6) is 0 Å². The first-order valence-corrected chi connectivity index (χ1v) is 8.19. The van der Waals surface area contributed by atoms with E-state index < -0.39 is 5.92 Å². The van der Waals surface area contributed by atoms with Gasteiger partial charge in [-0.05, 0) is 41.6 Å². The number of allylic oxidation sites excluding steroid dienone is 1. The molecule has 3 aromatic rings. The van der Waals surface area contributed by atoms with Crippen molar-refractivity contribution in [2.45, 2.75) is 5.92 Å². The molecule has 4 rings (SSSR count). The van der Waals surface area contributed by atoms with Crippen molar-refractivity contribution in [3.05, 3.63) is 98.3 Å². The lowest BCUT2D eigenvalue weighted by Crippen LogP contribution is -2.24. The largest absolute Gasteiger partial charge is 0.341 e. The third-order valence-electron chi connectivity index (χ3n) is 4.18. The molecule has 0 aliphatic carbocycles. The number of rotatable bonds is 2. The molecule has 3 N–H and O–H groups in total. The average molecular weight is 351 g/mol. The van der Waals surface area contributed by atoms with Gasteiger partial charge in [-0.1, -0.05) is 42.5 Å². The number of H-pyrrole nitrogens is 2. The van der Waals surface area contributed by atoms with E-state index in [1.807, 2.05) is 42.5 Å². The fourth-order valence-corrected chi connectivity index (χ4v) is 3.26. The Morgan fingerprint density at radius 2 is 1.80 bits per heavy atom. The molecule has 2 aromatic carbocycles. The highest BCUT2D eigenvalue weighted by Gasteiger charge is 2.26. The second kappa shape index (κ2) is 6.14. The van der Waals surface area contributed by atoms with Gasteiger partial charge in [0.2, 0.25) is 0 Å². The summed E-state index contributed by atoms with van der Waals surface area (Å²) in [6.45, 7) is 0. The van der Waals surface area contributed by atoms with E-state index in [2.05, 4.69) is 15.3 Å². The lowest BCUT2D eigenvalue weighted by atomic mass is 9.88. The SMILES string of the molecule is O=c1[nH]c(=S)[nH]c2c1C(c1cccc(F)c1)C=C(c1ccccc1)N2. The van der Waals surface area contributed by atoms with E-state index in [9.17, 15) is 9.18 Å². The predicted molar refractivity (Wildman–Crippen MR) is 98.5 cm³/mol. The Hall–Kier alpha value is -2.99. The van der Waals surface area contributed by atoms with E-state index in [1.165, 1.54) is 12.1 Å². The van der Waals surface area contributed by atoms with Crippen LogP contribution in [0.1, 0.15) is 22.6 Å². The molecule has 0 radical (unpaired) electrons. The van der Waals surface area contributed by atoms with Crippen LogP contribution in [-0.2, 0) is 0 Å². The van der Waals surface area contributed by atoms with Crippen molar-refractivity contribution in [3.63, 3.8) is 0 Å². The number of benzene rings is 2. The number of aromatic nitrogens is 2. The second-order valence-electron chi connectivity index (χ2n) is 5.80. The van der Waals surface area contributed by atoms with Gasteiger partial charge in [-0.2, -0.15) is 0 Å². The number of aromatic amines is 2. The molecule has 1 aliphatic heterocycles. The normalized spacial score (nSPS) is 15.9. The van der Waals surface area contributed by atoms with Crippen LogP contribution in [0.3, 0.4) is 0 Å². The lowest BCUT2D eigenvalue weighted by molar-refractivity contribution is 0.625. The van der Waals surface area contributed by atoms with Gasteiger partial charge in [-0.15, -0.1) is 0 Å². The Kier molecular flexibility index (Phi) is 3.82. The Balaban J connectivity index is 1.95. The standard InChI is InChI=1S/C19H14FN3OS/c20-13-8-4-7-12(9-13)14-10-15(11-5-2-1-3-6-11)21-17-16(14)18(24)23-19(25)22-17/h1-10,14H,(H3,21,22,23,24,25). The van der Waals surface area contributed by atoms with Gasteiger partial charge < -0.3 is 10.3 Å². The molecule has 1 unspecified atom stereocenters. The van der Waals surface area contributed by atoms with Crippen LogP contribution in [0.15, 0.2) is 65.5 Å². The van der Waals surface area contributed by atoms with Crippen LogP contribution >= 0.6 is 12.2 Å². The molecule has 2 heterocycles. The van der Waals surface area contributed by atoms with Crippen molar-refractivity contribution in [2.75, 3.05) is 5.32 Å². The number of hydrogen-bond acceptors (Lipinski definition) is 3. The highest BCUT2D eigenvalue weighted by atomic mass is 32.1. The van der Waals surface area contributed by atoms with Crippen molar-refractivity contribution in [3.8, 4) is 0 Å². The summed E-state index contributed by atoms with van der Waals surface area (Å²) in [4.78, 5) is 18.1. The minimum atomic E-state index is -0.391. The van der Waals surface area contributed by atoms with E-state index in [0.29, 0.717) is 16.9 Å². The van der Waals surface area contributed by atoms with Gasteiger partial charge in [0.15, 0.2) is 4.77 Å². The second-order valence-corrected chi connectivity index (χ2v) is 6.21. The van der Waals surface area contributed by atoms with E-state index in [1.54, 1.807) is 6.07 Å². The monoisotopic (exact) mass is 351 g/mol. The summed E-state index contributed by atoms with van der Waals surface area (Å²) >= 11 is 5.09. The van der Waals surface area contributed by atoms with Gasteiger partial charge in [-0.25, -0.2) is 4.39 Å². The summed E-state index contributed by atoms with van der Waals surface area (Å²) in [6, 6.07) is 16.0. The zero-order valence-electron chi connectivity index (χ0n) is 13.0. The molecule has 6 heteroatoms. The number of hydrogen-bond donors (Lipinski definition) is 3. The van der Waals surface area contributed by atoms with Crippen molar-refractivity contribution >= 4 is 23.7 Å². The quantitative estimate of drug-likeness (QED) is 0.607. The zero-order valence-corrected chi connectivity index (χ0v) is 13.9. The summed E-state index contributed by atoms with van der Waals surface area (Å²) in [5.74, 6) is -0.199. The van der Waals surface area contributed by atoms with Crippen LogP contribution < -0.4 is 10.9 Å². The van der Waals surface area contributed by atoms with Crippen LogP contribution in [-0.4, -0.2) is 9.97 Å². The Morgan fingerprint density at radius 3 is 2.56 bits per heavy atom. The summed E-state index contributed by atoms with van der Waals surface area (Å²) in [5, 5.41) is 3.23. The summed E-state index contributed by atoms with van der Waals surface area (Å²) < 4.78 is 14.0. The molecule has 1 atom stereocenters. The molecular formula is C19H14FN3OS. The van der Waals surface area contributed by atoms with E-state index >= 15 is 0 Å². The molecule has 0 saturated carbocycles. The first-order chi connectivity index (χ1) is 12.1. The minimum absolute atomic E-state index is 0.239. The van der Waals surface area contributed by atoms with Crippen molar-refractivity contribution in [1.29, 1.82) is 0 Å². The molecule has 0 amide bonds. The predicted octanol–water partition coefficient (Wildman–Crippen LogP) is 4.17. The van der Waals surface area contributed by atoms with Gasteiger partial charge in [-0.3, -0.25) is 9.78 Å². The maximum absolute atomic E-state index is 13.7. The fraction of sp³-hybridized carbons (Fsp3) is 0.0526. The maximum Gasteiger partial charge on any atom is 0.257 e. The number of halogens is 1. The molecule has 1 aromatic heterocycles. The Labute approximate surface area is 148 Å². The first kappa shape index (κ1) is 15.5. The van der Waals surface area contributed by atoms with Gasteiger partial charge in [0.05, 0.1) is 5.56 Å². The van der Waals surface area contributed by atoms with Crippen LogP contribution in [0, 0.1) is 10.6 Å². The van der Waals surface area contributed by atoms with Crippen LogP contribution in [0.2, 0.25) is 0 Å². The Morgan fingerprint density at radius 1 is 1.00 bits per heavy atom. The summed E-state index contributed by atoms with van der Waals surface area (Å²) in [6.07, 6.45) is 1.93. The molecule has 0 fully saturated rings. The molecule has 124 valence electrons. The molecule has 1 aliphatic rings. The molecule has 0 bridgehead atoms. The van der Waals surface area contributed by atoms with Gasteiger partial charge in [0, 0.05) is 11.6 Å².